The lowest BCUT2D eigenvalue weighted by Crippen LogP contribution is -1.74. The van der Waals surface area contributed by atoms with E-state index in [-0.39, 0.29) is 0 Å². The molecule has 0 radical (unpaired) electrons. The number of aromatic nitrogens is 1. The summed E-state index contributed by atoms with van der Waals surface area (Å²) < 4.78 is 5.34. The van der Waals surface area contributed by atoms with Gasteiger partial charge < -0.3 is 9.17 Å². The maximum atomic E-state index is 5.34. The van der Waals surface area contributed by atoms with Crippen LogP contribution in [0.25, 0.3) is 10.9 Å². The summed E-state index contributed by atoms with van der Waals surface area (Å²) in [6.07, 6.45) is 3.78. The van der Waals surface area contributed by atoms with Crippen molar-refractivity contribution in [3.63, 3.8) is 0 Å². The monoisotopic (exact) mass is 179 g/mol. The third kappa shape index (κ3) is 1.16. The van der Waals surface area contributed by atoms with Crippen LogP contribution < -0.4 is 4.18 Å². The molecule has 0 aliphatic carbocycles. The van der Waals surface area contributed by atoms with Crippen molar-refractivity contribution in [2.45, 2.75) is 0 Å². The lowest BCUT2D eigenvalue weighted by molar-refractivity contribution is 0.658. The van der Waals surface area contributed by atoms with Crippen LogP contribution in [0.1, 0.15) is 0 Å². The van der Waals surface area contributed by atoms with Crippen molar-refractivity contribution < 1.29 is 4.18 Å². The maximum absolute atomic E-state index is 5.34. The van der Waals surface area contributed by atoms with E-state index in [0.717, 1.165) is 16.7 Å². The standard InChI is InChI=1S/C9H9NOS/c1-12-11-9-6-10-8-5-3-2-4-7(8)9/h2-6,10H,1H3. The van der Waals surface area contributed by atoms with E-state index in [0.29, 0.717) is 0 Å². The van der Waals surface area contributed by atoms with E-state index in [1.54, 1.807) is 0 Å². The third-order valence-corrected chi connectivity index (χ3v) is 2.07. The quantitative estimate of drug-likeness (QED) is 0.717. The van der Waals surface area contributed by atoms with Gasteiger partial charge in [0.1, 0.15) is 0 Å². The van der Waals surface area contributed by atoms with Gasteiger partial charge in [-0.3, -0.25) is 0 Å². The summed E-state index contributed by atoms with van der Waals surface area (Å²) in [6, 6.07) is 8.07. The van der Waals surface area contributed by atoms with E-state index in [1.165, 1.54) is 12.0 Å². The Labute approximate surface area is 75.1 Å². The number of nitrogens with one attached hydrogen (secondary N) is 1. The van der Waals surface area contributed by atoms with Crippen LogP contribution in [0.5, 0.6) is 5.75 Å². The molecule has 1 heterocycles. The first-order chi connectivity index (χ1) is 5.92. The SMILES string of the molecule is CSOc1c[nH]c2ccccc12. The van der Waals surface area contributed by atoms with E-state index >= 15 is 0 Å². The Morgan fingerprint density at radius 2 is 2.17 bits per heavy atom. The molecule has 2 nitrogen and oxygen atoms in total. The molecule has 1 aromatic carbocycles. The average Bonchev–Trinajstić information content (AvgIpc) is 2.50. The second-order valence-electron chi connectivity index (χ2n) is 2.45. The predicted octanol–water partition coefficient (Wildman–Crippen LogP) is 2.82. The van der Waals surface area contributed by atoms with Gasteiger partial charge in [0.05, 0.1) is 12.0 Å². The molecule has 62 valence electrons. The van der Waals surface area contributed by atoms with Gasteiger partial charge in [-0.1, -0.05) is 12.1 Å². The van der Waals surface area contributed by atoms with Crippen LogP contribution in [0, 0.1) is 0 Å². The number of benzene rings is 1. The fourth-order valence-corrected chi connectivity index (χ4v) is 1.52. The predicted molar refractivity (Wildman–Crippen MR) is 52.4 cm³/mol. The summed E-state index contributed by atoms with van der Waals surface area (Å²) in [5, 5.41) is 1.13. The van der Waals surface area contributed by atoms with Gasteiger partial charge in [0, 0.05) is 23.4 Å². The van der Waals surface area contributed by atoms with E-state index in [9.17, 15) is 0 Å². The first kappa shape index (κ1) is 7.55. The number of rotatable bonds is 2. The lowest BCUT2D eigenvalue weighted by atomic mass is 10.2. The van der Waals surface area contributed by atoms with E-state index < -0.39 is 0 Å². The van der Waals surface area contributed by atoms with Crippen molar-refractivity contribution in [2.75, 3.05) is 6.26 Å². The second-order valence-corrected chi connectivity index (χ2v) is 2.95. The Morgan fingerprint density at radius 1 is 1.33 bits per heavy atom. The van der Waals surface area contributed by atoms with Crippen LogP contribution in [0.2, 0.25) is 0 Å². The lowest BCUT2D eigenvalue weighted by Gasteiger charge is -1.96. The van der Waals surface area contributed by atoms with Crippen molar-refractivity contribution in [3.8, 4) is 5.75 Å². The Kier molecular flexibility index (Phi) is 1.96. The van der Waals surface area contributed by atoms with Crippen LogP contribution >= 0.6 is 12.0 Å². The third-order valence-electron chi connectivity index (χ3n) is 1.72. The fourth-order valence-electron chi connectivity index (χ4n) is 1.20. The number of hydrogen-bond donors (Lipinski definition) is 1. The molecular weight excluding hydrogens is 170 g/mol. The molecule has 2 rings (SSSR count). The number of para-hydroxylation sites is 1. The van der Waals surface area contributed by atoms with Crippen LogP contribution in [0.15, 0.2) is 30.5 Å². The van der Waals surface area contributed by atoms with Gasteiger partial charge in [-0.15, -0.1) is 0 Å². The summed E-state index contributed by atoms with van der Waals surface area (Å²) in [7, 11) is 0. The second kappa shape index (κ2) is 3.11. The van der Waals surface area contributed by atoms with E-state index in [2.05, 4.69) is 4.98 Å². The highest BCUT2D eigenvalue weighted by atomic mass is 32.2. The van der Waals surface area contributed by atoms with Crippen molar-refractivity contribution in [1.29, 1.82) is 0 Å². The van der Waals surface area contributed by atoms with Crippen molar-refractivity contribution in [3.05, 3.63) is 30.5 Å². The molecule has 0 fully saturated rings. The molecular formula is C9H9NOS. The smallest absolute Gasteiger partial charge is 0.162 e. The summed E-state index contributed by atoms with van der Waals surface area (Å²) in [5.41, 5.74) is 1.11. The zero-order valence-electron chi connectivity index (χ0n) is 6.70. The molecule has 0 spiro atoms. The maximum Gasteiger partial charge on any atom is 0.162 e. The molecule has 0 bridgehead atoms. The van der Waals surface area contributed by atoms with Gasteiger partial charge in [0.25, 0.3) is 0 Å². The largest absolute Gasteiger partial charge is 0.424 e. The summed E-state index contributed by atoms with van der Waals surface area (Å²) in [6.45, 7) is 0. The number of fused-ring (bicyclic) bond motifs is 1. The van der Waals surface area contributed by atoms with Gasteiger partial charge in [0.2, 0.25) is 0 Å². The summed E-state index contributed by atoms with van der Waals surface area (Å²) in [5.74, 6) is 0.901. The molecule has 2 aromatic rings. The molecule has 0 unspecified atom stereocenters. The Balaban J connectivity index is 2.55. The summed E-state index contributed by atoms with van der Waals surface area (Å²) in [4.78, 5) is 3.13. The zero-order valence-corrected chi connectivity index (χ0v) is 7.52. The number of H-pyrrole nitrogens is 1. The first-order valence-corrected chi connectivity index (χ1v) is 4.83. The van der Waals surface area contributed by atoms with Crippen molar-refractivity contribution in [2.24, 2.45) is 0 Å². The Hall–Kier alpha value is -1.09. The molecule has 0 aliphatic rings. The molecule has 12 heavy (non-hydrogen) atoms. The van der Waals surface area contributed by atoms with Gasteiger partial charge in [-0.25, -0.2) is 0 Å². The minimum absolute atomic E-state index is 0.901. The van der Waals surface area contributed by atoms with Crippen LogP contribution in [0.3, 0.4) is 0 Å². The molecule has 0 aliphatic heterocycles. The molecule has 0 amide bonds. The molecule has 0 atom stereocenters. The minimum atomic E-state index is 0.901. The molecule has 1 N–H and O–H groups in total. The molecule has 0 saturated heterocycles. The summed E-state index contributed by atoms with van der Waals surface area (Å²) >= 11 is 1.35. The molecule has 1 aromatic heterocycles. The number of hydrogen-bond acceptors (Lipinski definition) is 2. The van der Waals surface area contributed by atoms with Crippen LogP contribution in [-0.4, -0.2) is 11.2 Å². The van der Waals surface area contributed by atoms with Crippen molar-refractivity contribution in [1.82, 2.24) is 4.98 Å². The normalized spacial score (nSPS) is 10.4. The average molecular weight is 179 g/mol. The van der Waals surface area contributed by atoms with Gasteiger partial charge >= 0.3 is 0 Å². The highest BCUT2D eigenvalue weighted by molar-refractivity contribution is 7.94. The molecule has 3 heteroatoms. The van der Waals surface area contributed by atoms with Gasteiger partial charge in [-0.2, -0.15) is 0 Å². The van der Waals surface area contributed by atoms with Gasteiger partial charge in [0.15, 0.2) is 5.75 Å². The zero-order chi connectivity index (χ0) is 8.39. The van der Waals surface area contributed by atoms with Crippen LogP contribution in [0.4, 0.5) is 0 Å². The molecule has 0 saturated carbocycles. The highest BCUT2D eigenvalue weighted by Crippen LogP contribution is 2.26. The van der Waals surface area contributed by atoms with Crippen LogP contribution in [-0.2, 0) is 0 Å². The Morgan fingerprint density at radius 3 is 3.00 bits per heavy atom. The highest BCUT2D eigenvalue weighted by Gasteiger charge is 2.01. The number of aromatic amines is 1. The van der Waals surface area contributed by atoms with Gasteiger partial charge in [-0.05, 0) is 12.1 Å². The Bertz CT molecular complexity index is 383. The van der Waals surface area contributed by atoms with E-state index in [1.807, 2.05) is 36.7 Å². The van der Waals surface area contributed by atoms with Crippen molar-refractivity contribution >= 4 is 22.9 Å². The first-order valence-electron chi connectivity index (χ1n) is 3.68. The minimum Gasteiger partial charge on any atom is -0.424 e. The fraction of sp³-hybridized carbons (Fsp3) is 0.111. The van der Waals surface area contributed by atoms with E-state index in [4.69, 9.17) is 4.18 Å². The topological polar surface area (TPSA) is 25.0 Å².